The maximum Gasteiger partial charge on any atom is 0.339 e. The number of nitrogens with two attached hydrogens (primary N) is 1. The van der Waals surface area contributed by atoms with Gasteiger partial charge in [-0.1, -0.05) is 0 Å². The van der Waals surface area contributed by atoms with E-state index in [1.54, 1.807) is 32.0 Å². The molecular formula is C12H16BrNO3. The van der Waals surface area contributed by atoms with E-state index < -0.39 is 11.6 Å². The second-order valence-corrected chi connectivity index (χ2v) is 5.29. The maximum absolute atomic E-state index is 11.7. The van der Waals surface area contributed by atoms with Gasteiger partial charge in [0.25, 0.3) is 0 Å². The molecule has 17 heavy (non-hydrogen) atoms. The van der Waals surface area contributed by atoms with Gasteiger partial charge in [0, 0.05) is 16.6 Å². The first-order chi connectivity index (χ1) is 7.79. The fourth-order valence-electron chi connectivity index (χ4n) is 1.17. The molecule has 1 aromatic carbocycles. The predicted octanol–water partition coefficient (Wildman–Crippen LogP) is 2.35. The summed E-state index contributed by atoms with van der Waals surface area (Å²) in [6, 6.07) is 4.94. The van der Waals surface area contributed by atoms with Crippen LogP contribution >= 0.6 is 15.9 Å². The van der Waals surface area contributed by atoms with Crippen molar-refractivity contribution in [2.75, 3.05) is 12.3 Å². The Morgan fingerprint density at radius 2 is 2.18 bits per heavy atom. The van der Waals surface area contributed by atoms with Gasteiger partial charge in [0.15, 0.2) is 0 Å². The smallest absolute Gasteiger partial charge is 0.339 e. The number of carbonyl (C=O) groups excluding carboxylic acids is 1. The second-order valence-electron chi connectivity index (χ2n) is 4.44. The van der Waals surface area contributed by atoms with E-state index in [-0.39, 0.29) is 6.61 Å². The minimum absolute atomic E-state index is 0.170. The van der Waals surface area contributed by atoms with Crippen molar-refractivity contribution in [1.29, 1.82) is 0 Å². The average molecular weight is 302 g/mol. The van der Waals surface area contributed by atoms with Crippen LogP contribution in [0.3, 0.4) is 0 Å². The van der Waals surface area contributed by atoms with Crippen molar-refractivity contribution >= 4 is 27.6 Å². The zero-order chi connectivity index (χ0) is 13.1. The van der Waals surface area contributed by atoms with Crippen LogP contribution in [0.5, 0.6) is 0 Å². The van der Waals surface area contributed by atoms with E-state index in [0.717, 1.165) is 0 Å². The Bertz CT molecular complexity index is 413. The van der Waals surface area contributed by atoms with Gasteiger partial charge in [-0.15, -0.1) is 0 Å². The lowest BCUT2D eigenvalue weighted by atomic mass is 10.1. The maximum atomic E-state index is 11.7. The molecule has 0 radical (unpaired) electrons. The summed E-state index contributed by atoms with van der Waals surface area (Å²) in [6.45, 7) is 3.50. The minimum atomic E-state index is -0.840. The Balaban J connectivity index is 2.61. The molecule has 1 rings (SSSR count). The molecule has 3 N–H and O–H groups in total. The highest BCUT2D eigenvalue weighted by molar-refractivity contribution is 9.10. The third kappa shape index (κ3) is 4.75. The van der Waals surface area contributed by atoms with E-state index >= 15 is 0 Å². The molecule has 0 unspecified atom stereocenters. The number of esters is 1. The van der Waals surface area contributed by atoms with E-state index in [1.165, 1.54) is 0 Å². The summed E-state index contributed by atoms with van der Waals surface area (Å²) >= 11 is 3.26. The molecule has 1 aromatic rings. The number of hydrogen-bond donors (Lipinski definition) is 2. The Kier molecular flexibility index (Phi) is 4.54. The Morgan fingerprint density at radius 1 is 1.53 bits per heavy atom. The van der Waals surface area contributed by atoms with E-state index in [9.17, 15) is 9.90 Å². The first kappa shape index (κ1) is 14.0. The van der Waals surface area contributed by atoms with Crippen molar-refractivity contribution in [2.24, 2.45) is 0 Å². The van der Waals surface area contributed by atoms with Crippen LogP contribution in [0.2, 0.25) is 0 Å². The number of halogens is 1. The molecule has 94 valence electrons. The molecule has 0 aliphatic carbocycles. The lowest BCUT2D eigenvalue weighted by Crippen LogP contribution is -2.22. The van der Waals surface area contributed by atoms with Gasteiger partial charge in [-0.2, -0.15) is 0 Å². The van der Waals surface area contributed by atoms with Crippen LogP contribution in [0.4, 0.5) is 5.69 Å². The van der Waals surface area contributed by atoms with E-state index in [0.29, 0.717) is 22.1 Å². The summed E-state index contributed by atoms with van der Waals surface area (Å²) in [4.78, 5) is 11.7. The number of aliphatic hydroxyl groups is 1. The van der Waals surface area contributed by atoms with Crippen molar-refractivity contribution < 1.29 is 14.6 Å². The largest absolute Gasteiger partial charge is 0.462 e. The van der Waals surface area contributed by atoms with Crippen molar-refractivity contribution in [2.45, 2.75) is 25.9 Å². The molecule has 0 atom stereocenters. The summed E-state index contributed by atoms with van der Waals surface area (Å²) in [6.07, 6.45) is 0.388. The molecule has 0 saturated carbocycles. The second kappa shape index (κ2) is 5.51. The highest BCUT2D eigenvalue weighted by Gasteiger charge is 2.16. The zero-order valence-corrected chi connectivity index (χ0v) is 11.5. The molecule has 0 bridgehead atoms. The van der Waals surface area contributed by atoms with Crippen LogP contribution in [0.25, 0.3) is 0 Å². The highest BCUT2D eigenvalue weighted by Crippen LogP contribution is 2.20. The molecule has 0 aliphatic rings. The number of hydrogen-bond acceptors (Lipinski definition) is 4. The quantitative estimate of drug-likeness (QED) is 0.661. The highest BCUT2D eigenvalue weighted by atomic mass is 79.9. The first-order valence-electron chi connectivity index (χ1n) is 5.24. The summed E-state index contributed by atoms with van der Waals surface area (Å²) in [5.41, 5.74) is 5.65. The van der Waals surface area contributed by atoms with E-state index in [4.69, 9.17) is 10.5 Å². The SMILES string of the molecule is CC(C)(O)CCOC(=O)c1cc(N)ccc1Br. The van der Waals surface area contributed by atoms with Gasteiger partial charge in [0.05, 0.1) is 17.8 Å². The third-order valence-corrected chi connectivity index (χ3v) is 2.85. The van der Waals surface area contributed by atoms with Gasteiger partial charge in [-0.3, -0.25) is 0 Å². The fourth-order valence-corrected chi connectivity index (χ4v) is 1.58. The number of carbonyl (C=O) groups is 1. The summed E-state index contributed by atoms with van der Waals surface area (Å²) in [7, 11) is 0. The van der Waals surface area contributed by atoms with Gasteiger partial charge < -0.3 is 15.6 Å². The number of nitrogen functional groups attached to an aromatic ring is 1. The fraction of sp³-hybridized carbons (Fsp3) is 0.417. The van der Waals surface area contributed by atoms with Crippen molar-refractivity contribution in [3.63, 3.8) is 0 Å². The minimum Gasteiger partial charge on any atom is -0.462 e. The van der Waals surface area contributed by atoms with Crippen LogP contribution in [0.15, 0.2) is 22.7 Å². The topological polar surface area (TPSA) is 72.5 Å². The number of benzene rings is 1. The van der Waals surface area contributed by atoms with Crippen molar-refractivity contribution in [3.05, 3.63) is 28.2 Å². The lowest BCUT2D eigenvalue weighted by molar-refractivity contribution is 0.0244. The first-order valence-corrected chi connectivity index (χ1v) is 6.03. The Morgan fingerprint density at radius 3 is 2.76 bits per heavy atom. The lowest BCUT2D eigenvalue weighted by Gasteiger charge is -2.16. The summed E-state index contributed by atoms with van der Waals surface area (Å²) < 4.78 is 5.69. The van der Waals surface area contributed by atoms with Crippen molar-refractivity contribution in [3.8, 4) is 0 Å². The molecule has 0 fully saturated rings. The zero-order valence-electron chi connectivity index (χ0n) is 9.87. The molecule has 0 aromatic heterocycles. The molecule has 4 nitrogen and oxygen atoms in total. The standard InChI is InChI=1S/C12H16BrNO3/c1-12(2,16)5-6-17-11(15)9-7-8(14)3-4-10(9)13/h3-4,7,16H,5-6,14H2,1-2H3. The molecular weight excluding hydrogens is 286 g/mol. The molecule has 5 heteroatoms. The summed E-state index contributed by atoms with van der Waals surface area (Å²) in [5, 5.41) is 9.48. The van der Waals surface area contributed by atoms with E-state index in [2.05, 4.69) is 15.9 Å². The molecule has 0 saturated heterocycles. The Hall–Kier alpha value is -1.07. The van der Waals surface area contributed by atoms with Crippen LogP contribution in [0.1, 0.15) is 30.6 Å². The average Bonchev–Trinajstić information content (AvgIpc) is 2.19. The van der Waals surface area contributed by atoms with Crippen molar-refractivity contribution in [1.82, 2.24) is 0 Å². The van der Waals surface area contributed by atoms with Crippen LogP contribution in [-0.4, -0.2) is 23.3 Å². The van der Waals surface area contributed by atoms with Gasteiger partial charge in [-0.05, 0) is 48.0 Å². The molecule has 0 spiro atoms. The van der Waals surface area contributed by atoms with E-state index in [1.807, 2.05) is 0 Å². The van der Waals surface area contributed by atoms with Gasteiger partial charge in [-0.25, -0.2) is 4.79 Å². The molecule has 0 aliphatic heterocycles. The molecule has 0 amide bonds. The monoisotopic (exact) mass is 301 g/mol. The van der Waals surface area contributed by atoms with Crippen LogP contribution in [0, 0.1) is 0 Å². The number of ether oxygens (including phenoxy) is 1. The molecule has 0 heterocycles. The number of anilines is 1. The summed E-state index contributed by atoms with van der Waals surface area (Å²) in [5.74, 6) is -0.451. The van der Waals surface area contributed by atoms with Crippen LogP contribution < -0.4 is 5.73 Å². The van der Waals surface area contributed by atoms with Gasteiger partial charge in [0.1, 0.15) is 0 Å². The van der Waals surface area contributed by atoms with Crippen LogP contribution in [-0.2, 0) is 4.74 Å². The van der Waals surface area contributed by atoms with Gasteiger partial charge >= 0.3 is 5.97 Å². The third-order valence-electron chi connectivity index (χ3n) is 2.16. The predicted molar refractivity (Wildman–Crippen MR) is 69.8 cm³/mol. The Labute approximate surface area is 109 Å². The normalized spacial score (nSPS) is 11.3. The number of rotatable bonds is 4. The van der Waals surface area contributed by atoms with Gasteiger partial charge in [0.2, 0.25) is 0 Å².